The largest absolute Gasteiger partial charge is 0.496 e. The van der Waals surface area contributed by atoms with Gasteiger partial charge in [0.25, 0.3) is 5.91 Å². The standard InChI is InChI=1S/C24H30N2O5S/c1-30-21-13-12-19(32(28,29)25-14-5-3-4-6-15-25)17-20(21)24(27)26-16-8-10-18-9-7-11-22(31-2)23(18)26/h7,9,11-13,17H,3-6,8,10,14-16H2,1-2H3. The quantitative estimate of drug-likeness (QED) is 0.680. The number of anilines is 1. The fourth-order valence-corrected chi connectivity index (χ4v) is 6.12. The molecule has 1 saturated heterocycles. The number of ether oxygens (including phenoxy) is 2. The third-order valence-electron chi connectivity index (χ3n) is 6.25. The van der Waals surface area contributed by atoms with Gasteiger partial charge < -0.3 is 14.4 Å². The Hall–Kier alpha value is -2.58. The lowest BCUT2D eigenvalue weighted by Gasteiger charge is -2.31. The van der Waals surface area contributed by atoms with E-state index in [2.05, 4.69) is 0 Å². The molecule has 0 radical (unpaired) electrons. The molecule has 172 valence electrons. The van der Waals surface area contributed by atoms with Gasteiger partial charge in [0.1, 0.15) is 11.5 Å². The van der Waals surface area contributed by atoms with E-state index in [1.165, 1.54) is 23.5 Å². The molecule has 0 spiro atoms. The van der Waals surface area contributed by atoms with Crippen molar-refractivity contribution in [2.24, 2.45) is 0 Å². The summed E-state index contributed by atoms with van der Waals surface area (Å²) in [5.41, 5.74) is 2.02. The SMILES string of the molecule is COc1ccc(S(=O)(=O)N2CCCCCC2)cc1C(=O)N1CCCc2cccc(OC)c21. The van der Waals surface area contributed by atoms with Crippen LogP contribution in [0.5, 0.6) is 11.5 Å². The lowest BCUT2D eigenvalue weighted by atomic mass is 10.00. The zero-order chi connectivity index (χ0) is 22.7. The Bertz CT molecular complexity index is 1080. The molecule has 1 fully saturated rings. The average molecular weight is 459 g/mol. The van der Waals surface area contributed by atoms with Crippen LogP contribution in [-0.4, -0.2) is 52.5 Å². The highest BCUT2D eigenvalue weighted by Crippen LogP contribution is 2.38. The maximum absolute atomic E-state index is 13.7. The van der Waals surface area contributed by atoms with Crippen molar-refractivity contribution in [2.75, 3.05) is 38.8 Å². The monoisotopic (exact) mass is 458 g/mol. The van der Waals surface area contributed by atoms with Crippen LogP contribution in [0, 0.1) is 0 Å². The van der Waals surface area contributed by atoms with E-state index in [0.29, 0.717) is 31.1 Å². The summed E-state index contributed by atoms with van der Waals surface area (Å²) in [5.74, 6) is 0.690. The minimum Gasteiger partial charge on any atom is -0.496 e. The van der Waals surface area contributed by atoms with Crippen molar-refractivity contribution in [1.82, 2.24) is 4.31 Å². The molecule has 2 aromatic rings. The second-order valence-corrected chi connectivity index (χ2v) is 10.1. The lowest BCUT2D eigenvalue weighted by Crippen LogP contribution is -2.36. The van der Waals surface area contributed by atoms with Gasteiger partial charge >= 0.3 is 0 Å². The van der Waals surface area contributed by atoms with Crippen LogP contribution < -0.4 is 14.4 Å². The smallest absolute Gasteiger partial charge is 0.262 e. The van der Waals surface area contributed by atoms with Gasteiger partial charge in [-0.1, -0.05) is 25.0 Å². The molecule has 32 heavy (non-hydrogen) atoms. The number of carbonyl (C=O) groups excluding carboxylic acids is 1. The summed E-state index contributed by atoms with van der Waals surface area (Å²) < 4.78 is 39.2. The van der Waals surface area contributed by atoms with Gasteiger partial charge in [0.05, 0.1) is 30.4 Å². The van der Waals surface area contributed by atoms with Crippen LogP contribution in [0.15, 0.2) is 41.3 Å². The van der Waals surface area contributed by atoms with E-state index in [9.17, 15) is 13.2 Å². The van der Waals surface area contributed by atoms with Crippen LogP contribution in [0.25, 0.3) is 0 Å². The lowest BCUT2D eigenvalue weighted by molar-refractivity contribution is 0.0981. The van der Waals surface area contributed by atoms with Crippen molar-refractivity contribution < 1.29 is 22.7 Å². The van der Waals surface area contributed by atoms with Gasteiger partial charge in [-0.15, -0.1) is 0 Å². The molecule has 0 atom stereocenters. The minimum absolute atomic E-state index is 0.126. The number of benzene rings is 2. The molecule has 2 aromatic carbocycles. The van der Waals surface area contributed by atoms with Crippen LogP contribution in [0.3, 0.4) is 0 Å². The topological polar surface area (TPSA) is 76.2 Å². The van der Waals surface area contributed by atoms with Gasteiger partial charge in [0.15, 0.2) is 0 Å². The molecule has 0 unspecified atom stereocenters. The molecule has 0 aliphatic carbocycles. The van der Waals surface area contributed by atoms with Gasteiger partial charge in [0, 0.05) is 19.6 Å². The Balaban J connectivity index is 1.74. The third-order valence-corrected chi connectivity index (χ3v) is 8.14. The van der Waals surface area contributed by atoms with Crippen LogP contribution in [-0.2, 0) is 16.4 Å². The Morgan fingerprint density at radius 1 is 0.875 bits per heavy atom. The second kappa shape index (κ2) is 9.50. The molecule has 4 rings (SSSR count). The summed E-state index contributed by atoms with van der Waals surface area (Å²) >= 11 is 0. The summed E-state index contributed by atoms with van der Waals surface area (Å²) in [6, 6.07) is 10.3. The first-order chi connectivity index (χ1) is 15.5. The van der Waals surface area contributed by atoms with Crippen molar-refractivity contribution in [3.05, 3.63) is 47.5 Å². The molecule has 2 aliphatic rings. The van der Waals surface area contributed by atoms with E-state index in [-0.39, 0.29) is 16.4 Å². The Kier molecular flexibility index (Phi) is 6.71. The number of nitrogens with zero attached hydrogens (tertiary/aromatic N) is 2. The summed E-state index contributed by atoms with van der Waals surface area (Å²) in [5, 5.41) is 0. The van der Waals surface area contributed by atoms with Gasteiger partial charge in [-0.25, -0.2) is 8.42 Å². The van der Waals surface area contributed by atoms with E-state index in [1.54, 1.807) is 18.1 Å². The number of amides is 1. The number of rotatable bonds is 5. The number of hydrogen-bond acceptors (Lipinski definition) is 5. The third kappa shape index (κ3) is 4.21. The Morgan fingerprint density at radius 3 is 2.28 bits per heavy atom. The molecule has 0 saturated carbocycles. The molecule has 2 heterocycles. The fourth-order valence-electron chi connectivity index (χ4n) is 4.57. The van der Waals surface area contributed by atoms with Crippen molar-refractivity contribution >= 4 is 21.6 Å². The minimum atomic E-state index is -3.69. The molecular weight excluding hydrogens is 428 g/mol. The second-order valence-electron chi connectivity index (χ2n) is 8.21. The van der Waals surface area contributed by atoms with Crippen molar-refractivity contribution in [1.29, 1.82) is 0 Å². The summed E-state index contributed by atoms with van der Waals surface area (Å²) in [7, 11) is -0.617. The van der Waals surface area contributed by atoms with Crippen LogP contribution in [0.4, 0.5) is 5.69 Å². The molecule has 0 N–H and O–H groups in total. The van der Waals surface area contributed by atoms with Gasteiger partial charge in [-0.3, -0.25) is 4.79 Å². The Morgan fingerprint density at radius 2 is 1.59 bits per heavy atom. The van der Waals surface area contributed by atoms with Gasteiger partial charge in [-0.05, 0) is 55.5 Å². The number of fused-ring (bicyclic) bond motifs is 1. The van der Waals surface area contributed by atoms with E-state index in [0.717, 1.165) is 49.8 Å². The number of methoxy groups -OCH3 is 2. The van der Waals surface area contributed by atoms with Crippen LogP contribution in [0.1, 0.15) is 48.0 Å². The normalized spacial score (nSPS) is 17.4. The summed E-state index contributed by atoms with van der Waals surface area (Å²) in [4.78, 5) is 15.5. The summed E-state index contributed by atoms with van der Waals surface area (Å²) in [6.07, 6.45) is 5.46. The van der Waals surface area contributed by atoms with E-state index < -0.39 is 10.0 Å². The number of hydrogen-bond donors (Lipinski definition) is 0. The van der Waals surface area contributed by atoms with Crippen LogP contribution in [0.2, 0.25) is 0 Å². The number of para-hydroxylation sites is 1. The molecule has 0 aromatic heterocycles. The first-order valence-corrected chi connectivity index (χ1v) is 12.6. The Labute approximate surface area is 190 Å². The highest BCUT2D eigenvalue weighted by Gasteiger charge is 2.31. The van der Waals surface area contributed by atoms with E-state index in [4.69, 9.17) is 9.47 Å². The zero-order valence-corrected chi connectivity index (χ0v) is 19.5. The van der Waals surface area contributed by atoms with E-state index >= 15 is 0 Å². The fraction of sp³-hybridized carbons (Fsp3) is 0.458. The predicted molar refractivity (Wildman–Crippen MR) is 123 cm³/mol. The van der Waals surface area contributed by atoms with Gasteiger partial charge in [0.2, 0.25) is 10.0 Å². The molecular formula is C24H30N2O5S. The van der Waals surface area contributed by atoms with Crippen molar-refractivity contribution in [3.8, 4) is 11.5 Å². The average Bonchev–Trinajstić information content (AvgIpc) is 3.12. The summed E-state index contributed by atoms with van der Waals surface area (Å²) in [6.45, 7) is 1.54. The first kappa shape index (κ1) is 22.6. The first-order valence-electron chi connectivity index (χ1n) is 11.1. The number of carbonyl (C=O) groups is 1. The van der Waals surface area contributed by atoms with Crippen LogP contribution >= 0.6 is 0 Å². The zero-order valence-electron chi connectivity index (χ0n) is 18.7. The van der Waals surface area contributed by atoms with E-state index in [1.807, 2.05) is 18.2 Å². The highest BCUT2D eigenvalue weighted by molar-refractivity contribution is 7.89. The molecule has 2 aliphatic heterocycles. The molecule has 7 nitrogen and oxygen atoms in total. The molecule has 1 amide bonds. The maximum Gasteiger partial charge on any atom is 0.262 e. The molecule has 8 heteroatoms. The molecule has 0 bridgehead atoms. The van der Waals surface area contributed by atoms with Crippen molar-refractivity contribution in [2.45, 2.75) is 43.4 Å². The maximum atomic E-state index is 13.7. The van der Waals surface area contributed by atoms with Crippen molar-refractivity contribution in [3.63, 3.8) is 0 Å². The highest BCUT2D eigenvalue weighted by atomic mass is 32.2. The predicted octanol–water partition coefficient (Wildman–Crippen LogP) is 3.86. The number of sulfonamides is 1. The number of aryl methyl sites for hydroxylation is 1. The van der Waals surface area contributed by atoms with Gasteiger partial charge in [-0.2, -0.15) is 4.31 Å².